The lowest BCUT2D eigenvalue weighted by molar-refractivity contribution is 0.383. The Morgan fingerprint density at radius 3 is 1.24 bits per heavy atom. The maximum atomic E-state index is 13.2. The fourth-order valence-electron chi connectivity index (χ4n) is 3.90. The van der Waals surface area contributed by atoms with E-state index in [0.717, 1.165) is 41.9 Å². The third-order valence-electron chi connectivity index (χ3n) is 5.82. The molecule has 0 N–H and O–H groups in total. The quantitative estimate of drug-likeness (QED) is 0.128. The van der Waals surface area contributed by atoms with Crippen LogP contribution in [0.2, 0.25) is 0 Å². The highest BCUT2D eigenvalue weighted by atomic mass is 32.3. The molecule has 0 aliphatic heterocycles. The zero-order chi connectivity index (χ0) is 26.1. The highest BCUT2D eigenvalue weighted by Crippen LogP contribution is 2.26. The molecule has 0 saturated heterocycles. The Kier molecular flexibility index (Phi) is 10.5. The van der Waals surface area contributed by atoms with Crippen LogP contribution >= 0.6 is 45.3 Å². The summed E-state index contributed by atoms with van der Waals surface area (Å²) in [6.45, 7) is 1.71. The van der Waals surface area contributed by atoms with Gasteiger partial charge in [0.2, 0.25) is 0 Å². The van der Waals surface area contributed by atoms with Gasteiger partial charge in [0, 0.05) is 35.9 Å². The minimum atomic E-state index is -3.52. The van der Waals surface area contributed by atoms with Crippen molar-refractivity contribution in [2.45, 2.75) is 53.6 Å². The molecular formula is C25H30N2O4S6. The van der Waals surface area contributed by atoms with Crippen molar-refractivity contribution in [2.24, 2.45) is 0 Å². The number of unbranched alkanes of at least 4 members (excludes halogenated alkanes) is 4. The van der Waals surface area contributed by atoms with Crippen LogP contribution in [0.25, 0.3) is 0 Å². The fraction of sp³-hybridized carbons (Fsp3) is 0.360. The van der Waals surface area contributed by atoms with Gasteiger partial charge >= 0.3 is 0 Å². The summed E-state index contributed by atoms with van der Waals surface area (Å²) in [6, 6.07) is 14.7. The number of hydrogen-bond donors (Lipinski definition) is 0. The molecule has 12 heteroatoms. The molecule has 0 bridgehead atoms. The molecule has 0 saturated carbocycles. The lowest BCUT2D eigenvalue weighted by atomic mass is 10.1. The molecule has 4 rings (SSSR count). The predicted molar refractivity (Wildman–Crippen MR) is 156 cm³/mol. The van der Waals surface area contributed by atoms with Crippen LogP contribution in [0.15, 0.2) is 78.5 Å². The summed E-state index contributed by atoms with van der Waals surface area (Å²) >= 11 is 5.62. The van der Waals surface area contributed by atoms with Crippen LogP contribution in [-0.4, -0.2) is 38.5 Å². The summed E-state index contributed by atoms with van der Waals surface area (Å²) in [5.41, 5.74) is 0. The first-order chi connectivity index (χ1) is 17.9. The predicted octanol–water partition coefficient (Wildman–Crippen LogP) is 6.97. The topological polar surface area (TPSA) is 74.8 Å². The molecule has 4 aromatic heterocycles. The van der Waals surface area contributed by atoms with Crippen molar-refractivity contribution in [1.29, 1.82) is 0 Å². The van der Waals surface area contributed by atoms with E-state index in [2.05, 4.69) is 0 Å². The Bertz CT molecular complexity index is 1270. The fourth-order valence-corrected chi connectivity index (χ4v) is 10.7. The highest BCUT2D eigenvalue weighted by molar-refractivity contribution is 7.91. The van der Waals surface area contributed by atoms with Gasteiger partial charge in [0.15, 0.2) is 0 Å². The van der Waals surface area contributed by atoms with Crippen LogP contribution in [0, 0.1) is 0 Å². The van der Waals surface area contributed by atoms with Crippen LogP contribution in [0.3, 0.4) is 0 Å². The Balaban J connectivity index is 1.27. The summed E-state index contributed by atoms with van der Waals surface area (Å²) in [4.78, 5) is 2.05. The Morgan fingerprint density at radius 2 is 0.892 bits per heavy atom. The van der Waals surface area contributed by atoms with Crippen molar-refractivity contribution in [3.8, 4) is 0 Å². The van der Waals surface area contributed by atoms with E-state index >= 15 is 0 Å². The maximum absolute atomic E-state index is 13.2. The summed E-state index contributed by atoms with van der Waals surface area (Å²) in [5.74, 6) is 0. The largest absolute Gasteiger partial charge is 0.252 e. The zero-order valence-corrected chi connectivity index (χ0v) is 25.2. The molecule has 0 aliphatic carbocycles. The minimum absolute atomic E-state index is 0.377. The average molecular weight is 615 g/mol. The van der Waals surface area contributed by atoms with Gasteiger partial charge in [-0.05, 0) is 58.6 Å². The molecule has 0 aliphatic rings. The average Bonchev–Trinajstić information content (AvgIpc) is 3.70. The van der Waals surface area contributed by atoms with Gasteiger partial charge in [-0.25, -0.2) is 16.8 Å². The molecule has 0 aromatic carbocycles. The summed E-state index contributed by atoms with van der Waals surface area (Å²) in [6.07, 6.45) is 4.25. The van der Waals surface area contributed by atoms with Gasteiger partial charge in [0.25, 0.3) is 20.0 Å². The summed E-state index contributed by atoms with van der Waals surface area (Å²) in [5, 5.41) is 7.50. The van der Waals surface area contributed by atoms with E-state index < -0.39 is 20.0 Å². The van der Waals surface area contributed by atoms with Crippen molar-refractivity contribution in [3.05, 3.63) is 79.8 Å². The van der Waals surface area contributed by atoms with Crippen LogP contribution in [0.1, 0.15) is 41.9 Å². The minimum Gasteiger partial charge on any atom is -0.206 e. The molecular weight excluding hydrogens is 585 g/mol. The van der Waals surface area contributed by atoms with Gasteiger partial charge < -0.3 is 0 Å². The van der Waals surface area contributed by atoms with E-state index in [4.69, 9.17) is 0 Å². The summed E-state index contributed by atoms with van der Waals surface area (Å²) in [7, 11) is -7.04. The first-order valence-electron chi connectivity index (χ1n) is 12.0. The molecule has 200 valence electrons. The molecule has 6 nitrogen and oxygen atoms in total. The Labute approximate surface area is 235 Å². The van der Waals surface area contributed by atoms with Crippen molar-refractivity contribution >= 4 is 65.4 Å². The number of thiophene rings is 4. The van der Waals surface area contributed by atoms with E-state index in [1.807, 2.05) is 35.0 Å². The molecule has 0 amide bonds. The van der Waals surface area contributed by atoms with E-state index in [0.29, 0.717) is 34.6 Å². The molecule has 37 heavy (non-hydrogen) atoms. The van der Waals surface area contributed by atoms with Gasteiger partial charge in [-0.3, -0.25) is 0 Å². The first-order valence-corrected chi connectivity index (χ1v) is 18.4. The van der Waals surface area contributed by atoms with Crippen molar-refractivity contribution in [2.75, 3.05) is 13.1 Å². The van der Waals surface area contributed by atoms with E-state index in [1.54, 1.807) is 66.3 Å². The van der Waals surface area contributed by atoms with Gasteiger partial charge in [0.05, 0.1) is 0 Å². The standard InChI is InChI=1S/C25H30N2O4S6/c28-36(29,24-12-8-18-34-24)26(20-22-10-6-16-32-22)14-4-2-1-3-5-15-27(21-23-11-7-17-33-23)37(30,31)25-13-9-19-35-25/h6-13,16-19H,1-5,14-15,20-21H2. The molecule has 0 fully saturated rings. The van der Waals surface area contributed by atoms with Crippen LogP contribution in [-0.2, 0) is 33.1 Å². The molecule has 0 radical (unpaired) electrons. The second-order valence-corrected chi connectivity index (χ2v) is 16.8. The second kappa shape index (κ2) is 13.6. The second-order valence-electron chi connectivity index (χ2n) is 8.47. The number of rotatable bonds is 16. The lowest BCUT2D eigenvalue weighted by Crippen LogP contribution is -2.31. The van der Waals surface area contributed by atoms with E-state index in [9.17, 15) is 16.8 Å². The third-order valence-corrected chi connectivity index (χ3v) is 14.0. The highest BCUT2D eigenvalue weighted by Gasteiger charge is 2.26. The van der Waals surface area contributed by atoms with Crippen molar-refractivity contribution < 1.29 is 16.8 Å². The van der Waals surface area contributed by atoms with Gasteiger partial charge in [-0.1, -0.05) is 43.5 Å². The maximum Gasteiger partial charge on any atom is 0.252 e. The molecule has 0 unspecified atom stereocenters. The Morgan fingerprint density at radius 1 is 0.514 bits per heavy atom. The normalized spacial score (nSPS) is 12.6. The third kappa shape index (κ3) is 7.82. The van der Waals surface area contributed by atoms with Crippen molar-refractivity contribution in [1.82, 2.24) is 8.61 Å². The van der Waals surface area contributed by atoms with E-state index in [-0.39, 0.29) is 0 Å². The number of nitrogens with zero attached hydrogens (tertiary/aromatic N) is 2. The van der Waals surface area contributed by atoms with Gasteiger partial charge in [-0.15, -0.1) is 45.3 Å². The monoisotopic (exact) mass is 614 g/mol. The molecule has 4 aromatic rings. The van der Waals surface area contributed by atoms with E-state index in [1.165, 1.54) is 22.7 Å². The molecule has 0 spiro atoms. The molecule has 4 heterocycles. The first kappa shape index (κ1) is 28.6. The Hall–Kier alpha value is -1.38. The number of sulfonamides is 2. The van der Waals surface area contributed by atoms with Crippen LogP contribution in [0.5, 0.6) is 0 Å². The van der Waals surface area contributed by atoms with Crippen LogP contribution in [0.4, 0.5) is 0 Å². The SMILES string of the molecule is O=S(=O)(c1cccs1)N(CCCCCCCN(Cc1cccs1)S(=O)(=O)c1cccs1)Cc1cccs1. The van der Waals surface area contributed by atoms with Crippen molar-refractivity contribution in [3.63, 3.8) is 0 Å². The van der Waals surface area contributed by atoms with Gasteiger partial charge in [0.1, 0.15) is 8.42 Å². The lowest BCUT2D eigenvalue weighted by Gasteiger charge is -2.21. The summed E-state index contributed by atoms with van der Waals surface area (Å²) < 4.78 is 56.6. The van der Waals surface area contributed by atoms with Crippen LogP contribution < -0.4 is 0 Å². The van der Waals surface area contributed by atoms with Gasteiger partial charge in [-0.2, -0.15) is 8.61 Å². The number of hydrogen-bond acceptors (Lipinski definition) is 8. The smallest absolute Gasteiger partial charge is 0.206 e. The zero-order valence-electron chi connectivity index (χ0n) is 20.3. The molecule has 0 atom stereocenters.